The van der Waals surface area contributed by atoms with E-state index in [1.54, 1.807) is 0 Å². The molecule has 3 atom stereocenters. The van der Waals surface area contributed by atoms with Gasteiger partial charge in [-0.05, 0) is 37.0 Å². The van der Waals surface area contributed by atoms with Crippen LogP contribution in [0, 0.1) is 17.8 Å². The second kappa shape index (κ2) is 9.75. The van der Waals surface area contributed by atoms with Gasteiger partial charge in [0.1, 0.15) is 0 Å². The summed E-state index contributed by atoms with van der Waals surface area (Å²) in [6.45, 7) is 6.66. The number of aliphatic hydroxyl groups is 1. The highest BCUT2D eigenvalue weighted by atomic mass is 16.4. The Morgan fingerprint density at radius 2 is 1.60 bits per heavy atom. The normalized spacial score (nSPS) is 25.8. The number of carboxylic acid groups (broad SMARTS) is 2. The first-order chi connectivity index (χ1) is 9.23. The van der Waals surface area contributed by atoms with Gasteiger partial charge in [0.15, 0.2) is 0 Å². The number of aliphatic carboxylic acids is 2. The van der Waals surface area contributed by atoms with Gasteiger partial charge in [0.25, 0.3) is 0 Å². The number of aliphatic hydroxyl groups excluding tert-OH is 1. The molecule has 0 aromatic carbocycles. The van der Waals surface area contributed by atoms with Gasteiger partial charge in [-0.25, -0.2) is 0 Å². The van der Waals surface area contributed by atoms with E-state index in [0.29, 0.717) is 11.8 Å². The fraction of sp³-hybridized carbons (Fsp3) is 0.867. The Hall–Kier alpha value is -1.10. The van der Waals surface area contributed by atoms with E-state index < -0.39 is 11.9 Å². The fourth-order valence-electron chi connectivity index (χ4n) is 2.54. The molecule has 118 valence electrons. The summed E-state index contributed by atoms with van der Waals surface area (Å²) >= 11 is 0. The molecule has 0 saturated heterocycles. The quantitative estimate of drug-likeness (QED) is 0.723. The van der Waals surface area contributed by atoms with Gasteiger partial charge in [-0.15, -0.1) is 0 Å². The first kappa shape index (κ1) is 18.9. The van der Waals surface area contributed by atoms with Crippen LogP contribution in [0.25, 0.3) is 0 Å². The Bertz CT molecular complexity index is 287. The SMILES string of the molecule is CC(C)[C@@H]1CC[C@@H](C)C[C@H]1O.O=C(O)CCCC(=O)O. The number of hydrogen-bond donors (Lipinski definition) is 3. The third kappa shape index (κ3) is 8.91. The highest BCUT2D eigenvalue weighted by Gasteiger charge is 2.28. The zero-order valence-electron chi connectivity index (χ0n) is 12.7. The fourth-order valence-corrected chi connectivity index (χ4v) is 2.54. The van der Waals surface area contributed by atoms with Gasteiger partial charge < -0.3 is 15.3 Å². The first-order valence-corrected chi connectivity index (χ1v) is 7.35. The molecule has 1 aliphatic carbocycles. The maximum Gasteiger partial charge on any atom is 0.303 e. The molecule has 1 fully saturated rings. The minimum Gasteiger partial charge on any atom is -0.481 e. The second-order valence-corrected chi connectivity index (χ2v) is 6.03. The molecule has 0 radical (unpaired) electrons. The van der Waals surface area contributed by atoms with Crippen LogP contribution in [0.1, 0.15) is 59.3 Å². The minimum atomic E-state index is -0.948. The predicted molar refractivity (Wildman–Crippen MR) is 76.5 cm³/mol. The monoisotopic (exact) mass is 288 g/mol. The lowest BCUT2D eigenvalue weighted by Crippen LogP contribution is -2.31. The topological polar surface area (TPSA) is 94.8 Å². The predicted octanol–water partition coefficient (Wildman–Crippen LogP) is 2.77. The van der Waals surface area contributed by atoms with Crippen molar-refractivity contribution in [2.24, 2.45) is 17.8 Å². The molecule has 0 spiro atoms. The molecule has 0 aromatic rings. The average Bonchev–Trinajstić information content (AvgIpc) is 2.27. The molecular formula is C15H28O5. The Balaban J connectivity index is 0.000000370. The van der Waals surface area contributed by atoms with E-state index in [-0.39, 0.29) is 25.4 Å². The minimum absolute atomic E-state index is 0.0289. The summed E-state index contributed by atoms with van der Waals surface area (Å²) in [7, 11) is 0. The summed E-state index contributed by atoms with van der Waals surface area (Å²) in [6, 6.07) is 0. The van der Waals surface area contributed by atoms with Crippen molar-refractivity contribution in [3.63, 3.8) is 0 Å². The van der Waals surface area contributed by atoms with Crippen LogP contribution in [0.4, 0.5) is 0 Å². The maximum absolute atomic E-state index is 9.79. The second-order valence-electron chi connectivity index (χ2n) is 6.03. The van der Waals surface area contributed by atoms with Crippen LogP contribution < -0.4 is 0 Å². The summed E-state index contributed by atoms with van der Waals surface area (Å²) in [5, 5.41) is 25.8. The molecule has 1 saturated carbocycles. The number of rotatable bonds is 5. The average molecular weight is 288 g/mol. The van der Waals surface area contributed by atoms with Crippen molar-refractivity contribution < 1.29 is 24.9 Å². The molecule has 5 heteroatoms. The van der Waals surface area contributed by atoms with Crippen LogP contribution in [0.5, 0.6) is 0 Å². The van der Waals surface area contributed by atoms with Gasteiger partial charge in [0, 0.05) is 12.8 Å². The third-order valence-electron chi connectivity index (χ3n) is 3.77. The van der Waals surface area contributed by atoms with Crippen molar-refractivity contribution in [1.82, 2.24) is 0 Å². The molecule has 0 unspecified atom stereocenters. The van der Waals surface area contributed by atoms with Crippen molar-refractivity contribution in [1.29, 1.82) is 0 Å². The third-order valence-corrected chi connectivity index (χ3v) is 3.77. The molecule has 0 amide bonds. The maximum atomic E-state index is 9.79. The zero-order valence-corrected chi connectivity index (χ0v) is 12.7. The molecule has 1 rings (SSSR count). The van der Waals surface area contributed by atoms with Gasteiger partial charge in [0.05, 0.1) is 6.10 Å². The molecule has 3 N–H and O–H groups in total. The lowest BCUT2D eigenvalue weighted by Gasteiger charge is -2.33. The number of hydrogen-bond acceptors (Lipinski definition) is 3. The molecule has 0 bridgehead atoms. The highest BCUT2D eigenvalue weighted by molar-refractivity contribution is 5.69. The Labute approximate surface area is 121 Å². The Morgan fingerprint density at radius 1 is 1.10 bits per heavy atom. The van der Waals surface area contributed by atoms with Gasteiger partial charge in [0.2, 0.25) is 0 Å². The van der Waals surface area contributed by atoms with Gasteiger partial charge in [-0.2, -0.15) is 0 Å². The van der Waals surface area contributed by atoms with Crippen molar-refractivity contribution in [2.75, 3.05) is 0 Å². The largest absolute Gasteiger partial charge is 0.481 e. The zero-order chi connectivity index (χ0) is 15.7. The molecule has 0 aromatic heterocycles. The molecule has 0 heterocycles. The van der Waals surface area contributed by atoms with E-state index in [4.69, 9.17) is 10.2 Å². The van der Waals surface area contributed by atoms with Crippen LogP contribution >= 0.6 is 0 Å². The lowest BCUT2D eigenvalue weighted by atomic mass is 9.75. The summed E-state index contributed by atoms with van der Waals surface area (Å²) in [4.78, 5) is 19.6. The molecule has 0 aliphatic heterocycles. The van der Waals surface area contributed by atoms with Gasteiger partial charge in [-0.3, -0.25) is 9.59 Å². The lowest BCUT2D eigenvalue weighted by molar-refractivity contribution is -0.138. The number of carboxylic acids is 2. The Morgan fingerprint density at radius 3 is 1.95 bits per heavy atom. The summed E-state index contributed by atoms with van der Waals surface area (Å²) < 4.78 is 0. The van der Waals surface area contributed by atoms with Crippen molar-refractivity contribution in [2.45, 2.75) is 65.4 Å². The summed E-state index contributed by atoms with van der Waals surface area (Å²) in [5.41, 5.74) is 0. The van der Waals surface area contributed by atoms with E-state index in [0.717, 1.165) is 12.3 Å². The van der Waals surface area contributed by atoms with Crippen LogP contribution in [-0.2, 0) is 9.59 Å². The van der Waals surface area contributed by atoms with Crippen LogP contribution in [-0.4, -0.2) is 33.4 Å². The number of carbonyl (C=O) groups is 2. The molecule has 20 heavy (non-hydrogen) atoms. The van der Waals surface area contributed by atoms with Crippen LogP contribution in [0.2, 0.25) is 0 Å². The first-order valence-electron chi connectivity index (χ1n) is 7.35. The van der Waals surface area contributed by atoms with E-state index >= 15 is 0 Å². The highest BCUT2D eigenvalue weighted by Crippen LogP contribution is 2.33. The molecule has 1 aliphatic rings. The Kier molecular flexibility index (Phi) is 9.21. The smallest absolute Gasteiger partial charge is 0.303 e. The van der Waals surface area contributed by atoms with Crippen LogP contribution in [0.15, 0.2) is 0 Å². The van der Waals surface area contributed by atoms with Gasteiger partial charge >= 0.3 is 11.9 Å². The summed E-state index contributed by atoms with van der Waals surface area (Å²) in [5.74, 6) is 0.0520. The van der Waals surface area contributed by atoms with Gasteiger partial charge in [-0.1, -0.05) is 27.2 Å². The van der Waals surface area contributed by atoms with Crippen molar-refractivity contribution in [3.05, 3.63) is 0 Å². The molecule has 5 nitrogen and oxygen atoms in total. The van der Waals surface area contributed by atoms with E-state index in [1.165, 1.54) is 12.8 Å². The van der Waals surface area contributed by atoms with E-state index in [2.05, 4.69) is 20.8 Å². The van der Waals surface area contributed by atoms with Crippen LogP contribution in [0.3, 0.4) is 0 Å². The van der Waals surface area contributed by atoms with Crippen molar-refractivity contribution >= 4 is 11.9 Å². The molecular weight excluding hydrogens is 260 g/mol. The summed E-state index contributed by atoms with van der Waals surface area (Å²) in [6.07, 6.45) is 3.60. The van der Waals surface area contributed by atoms with E-state index in [1.807, 2.05) is 0 Å². The van der Waals surface area contributed by atoms with E-state index in [9.17, 15) is 14.7 Å². The van der Waals surface area contributed by atoms with Crippen molar-refractivity contribution in [3.8, 4) is 0 Å². The standard InChI is InChI=1S/C10H20O.C5H8O4/c1-7(2)9-5-4-8(3)6-10(9)11;6-4(7)2-1-3-5(8)9/h7-11H,4-6H2,1-3H3;1-3H2,(H,6,7)(H,8,9)/t8-,9+,10-;/m1./s1.